The Kier molecular flexibility index (Phi) is 4.30. The summed E-state index contributed by atoms with van der Waals surface area (Å²) >= 11 is 0. The molecule has 1 atom stereocenters. The molecule has 0 bridgehead atoms. The van der Waals surface area contributed by atoms with Gasteiger partial charge in [0.25, 0.3) is 0 Å². The molecule has 0 fully saturated rings. The minimum absolute atomic E-state index is 0.178. The number of para-hydroxylation sites is 1. The highest BCUT2D eigenvalue weighted by Crippen LogP contribution is 2.48. The normalized spacial score (nSPS) is 18.2. The molecule has 2 aliphatic heterocycles. The zero-order chi connectivity index (χ0) is 18.1. The lowest BCUT2D eigenvalue weighted by Gasteiger charge is -2.36. The van der Waals surface area contributed by atoms with Crippen molar-refractivity contribution in [2.45, 2.75) is 12.6 Å². The molecule has 0 radical (unpaired) electrons. The highest BCUT2D eigenvalue weighted by Gasteiger charge is 2.34. The van der Waals surface area contributed by atoms with Crippen LogP contribution in [0.2, 0.25) is 0 Å². The van der Waals surface area contributed by atoms with E-state index in [0.717, 1.165) is 29.8 Å². The zero-order valence-electron chi connectivity index (χ0n) is 14.7. The summed E-state index contributed by atoms with van der Waals surface area (Å²) in [5.41, 5.74) is 2.74. The fourth-order valence-corrected chi connectivity index (χ4v) is 3.43. The predicted molar refractivity (Wildman–Crippen MR) is 96.8 cm³/mol. The monoisotopic (exact) mass is 355 g/mol. The maximum Gasteiger partial charge on any atom is 0.320 e. The number of hydrogen-bond acceptors (Lipinski definition) is 5. The number of likely N-dealkylation sites (N-methyl/N-ethyl adjacent to an activating group) is 1. The van der Waals surface area contributed by atoms with Gasteiger partial charge >= 0.3 is 6.03 Å². The molecule has 2 aliphatic rings. The zero-order valence-corrected chi connectivity index (χ0v) is 14.7. The van der Waals surface area contributed by atoms with E-state index < -0.39 is 0 Å². The van der Waals surface area contributed by atoms with Crippen molar-refractivity contribution in [3.8, 4) is 17.2 Å². The van der Waals surface area contributed by atoms with Gasteiger partial charge in [-0.2, -0.15) is 0 Å². The summed E-state index contributed by atoms with van der Waals surface area (Å²) in [5.74, 6) is 1.90. The van der Waals surface area contributed by atoms with E-state index in [4.69, 9.17) is 14.2 Å². The number of rotatable bonds is 3. The molecule has 136 valence electrons. The number of nitrogens with one attached hydrogen (secondary N) is 2. The minimum Gasteiger partial charge on any atom is -0.492 e. The summed E-state index contributed by atoms with van der Waals surface area (Å²) in [6.07, 6.45) is 0.518. The van der Waals surface area contributed by atoms with Crippen LogP contribution < -0.4 is 24.8 Å². The van der Waals surface area contributed by atoms with E-state index in [2.05, 4.69) is 15.5 Å². The molecule has 2 aromatic carbocycles. The Labute approximate surface area is 151 Å². The quantitative estimate of drug-likeness (QED) is 0.886. The first-order valence-corrected chi connectivity index (χ1v) is 8.49. The molecular formula is C19H21N3O4. The van der Waals surface area contributed by atoms with E-state index in [1.54, 1.807) is 7.11 Å². The molecule has 2 aromatic rings. The second-order valence-corrected chi connectivity index (χ2v) is 6.31. The van der Waals surface area contributed by atoms with Crippen LogP contribution in [0.15, 0.2) is 36.4 Å². The SMILES string of the molecule is COc1c2c(cc3c1[C@H](NC(=O)Nc1ccccc1)N(C)CC3)OCO2. The number of urea groups is 1. The maximum absolute atomic E-state index is 12.5. The fraction of sp³-hybridized carbons (Fsp3) is 0.316. The number of ether oxygens (including phenoxy) is 3. The van der Waals surface area contributed by atoms with Gasteiger partial charge in [-0.25, -0.2) is 4.79 Å². The van der Waals surface area contributed by atoms with Gasteiger partial charge in [0.05, 0.1) is 7.11 Å². The first-order chi connectivity index (χ1) is 12.7. The summed E-state index contributed by atoms with van der Waals surface area (Å²) in [7, 11) is 3.58. The van der Waals surface area contributed by atoms with Crippen molar-refractivity contribution in [2.24, 2.45) is 0 Å². The highest BCUT2D eigenvalue weighted by molar-refractivity contribution is 5.89. The molecule has 4 rings (SSSR count). The largest absolute Gasteiger partial charge is 0.492 e. The standard InChI is InChI=1S/C19H21N3O4/c1-22-9-8-12-10-14-16(26-11-25-14)17(24-2)15(12)18(22)21-19(23)20-13-6-4-3-5-7-13/h3-7,10,18H,8-9,11H2,1-2H3,(H2,20,21,23)/t18-/m1/s1. The lowest BCUT2D eigenvalue weighted by atomic mass is 9.95. The Bertz CT molecular complexity index is 825. The number of amides is 2. The number of carbonyl (C=O) groups is 1. The predicted octanol–water partition coefficient (Wildman–Crippen LogP) is 2.73. The average Bonchev–Trinajstić information content (AvgIpc) is 3.11. The van der Waals surface area contributed by atoms with Crippen molar-refractivity contribution in [3.63, 3.8) is 0 Å². The molecule has 26 heavy (non-hydrogen) atoms. The fourth-order valence-electron chi connectivity index (χ4n) is 3.43. The topological polar surface area (TPSA) is 72.1 Å². The van der Waals surface area contributed by atoms with E-state index in [9.17, 15) is 4.79 Å². The van der Waals surface area contributed by atoms with Gasteiger partial charge in [0.1, 0.15) is 6.17 Å². The average molecular weight is 355 g/mol. The van der Waals surface area contributed by atoms with Crippen molar-refractivity contribution in [1.82, 2.24) is 10.2 Å². The molecule has 7 nitrogen and oxygen atoms in total. The molecule has 2 amide bonds. The van der Waals surface area contributed by atoms with E-state index in [0.29, 0.717) is 17.2 Å². The van der Waals surface area contributed by atoms with Gasteiger partial charge in [0.15, 0.2) is 11.5 Å². The first kappa shape index (κ1) is 16.5. The van der Waals surface area contributed by atoms with Crippen LogP contribution in [0.4, 0.5) is 10.5 Å². The Hall–Kier alpha value is -2.93. The smallest absolute Gasteiger partial charge is 0.320 e. The van der Waals surface area contributed by atoms with Crippen LogP contribution in [0.1, 0.15) is 17.3 Å². The van der Waals surface area contributed by atoms with Crippen LogP contribution in [0.25, 0.3) is 0 Å². The number of anilines is 1. The van der Waals surface area contributed by atoms with Gasteiger partial charge in [-0.15, -0.1) is 0 Å². The van der Waals surface area contributed by atoms with E-state index >= 15 is 0 Å². The summed E-state index contributed by atoms with van der Waals surface area (Å²) in [6.45, 7) is 0.989. The van der Waals surface area contributed by atoms with Gasteiger partial charge in [-0.3, -0.25) is 4.90 Å². The van der Waals surface area contributed by atoms with Crippen LogP contribution in [-0.2, 0) is 6.42 Å². The van der Waals surface area contributed by atoms with Crippen molar-refractivity contribution in [1.29, 1.82) is 0 Å². The Morgan fingerprint density at radius 3 is 2.85 bits per heavy atom. The summed E-state index contributed by atoms with van der Waals surface area (Å²) in [5, 5.41) is 5.90. The van der Waals surface area contributed by atoms with Crippen LogP contribution in [0.5, 0.6) is 17.2 Å². The maximum atomic E-state index is 12.5. The number of nitrogens with zero attached hydrogens (tertiary/aromatic N) is 1. The number of carbonyl (C=O) groups excluding carboxylic acids is 1. The van der Waals surface area contributed by atoms with Crippen molar-refractivity contribution in [2.75, 3.05) is 32.8 Å². The minimum atomic E-state index is -0.327. The third-order valence-corrected chi connectivity index (χ3v) is 4.70. The molecule has 0 spiro atoms. The van der Waals surface area contributed by atoms with Crippen LogP contribution in [0.3, 0.4) is 0 Å². The van der Waals surface area contributed by atoms with Gasteiger partial charge < -0.3 is 24.8 Å². The second kappa shape index (κ2) is 6.76. The Morgan fingerprint density at radius 2 is 2.08 bits per heavy atom. The summed E-state index contributed by atoms with van der Waals surface area (Å²) < 4.78 is 16.7. The summed E-state index contributed by atoms with van der Waals surface area (Å²) in [6, 6.07) is 11.1. The number of benzene rings is 2. The highest BCUT2D eigenvalue weighted by atomic mass is 16.7. The Balaban J connectivity index is 1.64. The second-order valence-electron chi connectivity index (χ2n) is 6.31. The van der Waals surface area contributed by atoms with Crippen LogP contribution in [0, 0.1) is 0 Å². The number of fused-ring (bicyclic) bond motifs is 2. The number of hydrogen-bond donors (Lipinski definition) is 2. The van der Waals surface area contributed by atoms with Crippen LogP contribution >= 0.6 is 0 Å². The molecule has 0 unspecified atom stereocenters. The van der Waals surface area contributed by atoms with Gasteiger partial charge in [0.2, 0.25) is 12.5 Å². The van der Waals surface area contributed by atoms with Crippen molar-refractivity contribution >= 4 is 11.7 Å². The van der Waals surface area contributed by atoms with Gasteiger partial charge in [0, 0.05) is 17.8 Å². The van der Waals surface area contributed by atoms with E-state index in [1.165, 1.54) is 0 Å². The van der Waals surface area contributed by atoms with Gasteiger partial charge in [-0.1, -0.05) is 18.2 Å². The van der Waals surface area contributed by atoms with Gasteiger partial charge in [-0.05, 0) is 37.2 Å². The summed E-state index contributed by atoms with van der Waals surface area (Å²) in [4.78, 5) is 14.6. The molecule has 7 heteroatoms. The molecular weight excluding hydrogens is 334 g/mol. The molecule has 0 aromatic heterocycles. The molecule has 2 heterocycles. The first-order valence-electron chi connectivity index (χ1n) is 8.49. The third kappa shape index (κ3) is 2.90. The van der Waals surface area contributed by atoms with Crippen molar-refractivity contribution < 1.29 is 19.0 Å². The van der Waals surface area contributed by atoms with Crippen molar-refractivity contribution in [3.05, 3.63) is 47.5 Å². The molecule has 2 N–H and O–H groups in total. The molecule has 0 aliphatic carbocycles. The van der Waals surface area contributed by atoms with E-state index in [1.807, 2.05) is 43.4 Å². The molecule has 0 saturated heterocycles. The third-order valence-electron chi connectivity index (χ3n) is 4.70. The van der Waals surface area contributed by atoms with Crippen LogP contribution in [-0.4, -0.2) is 38.4 Å². The Morgan fingerprint density at radius 1 is 1.27 bits per heavy atom. The lowest BCUT2D eigenvalue weighted by Crippen LogP contribution is -2.45. The van der Waals surface area contributed by atoms with E-state index in [-0.39, 0.29) is 19.0 Å². The lowest BCUT2D eigenvalue weighted by molar-refractivity contribution is 0.169. The number of methoxy groups -OCH3 is 1. The molecule has 0 saturated carbocycles.